The van der Waals surface area contributed by atoms with Gasteiger partial charge in [0.2, 0.25) is 0 Å². The van der Waals surface area contributed by atoms with Gasteiger partial charge in [0.25, 0.3) is 0 Å². The number of ether oxygens (including phenoxy) is 1. The van der Waals surface area contributed by atoms with Gasteiger partial charge in [-0.15, -0.1) is 0 Å². The number of carboxylic acids is 1. The summed E-state index contributed by atoms with van der Waals surface area (Å²) in [6.07, 6.45) is 0.0548. The van der Waals surface area contributed by atoms with Crippen LogP contribution in [0.3, 0.4) is 0 Å². The van der Waals surface area contributed by atoms with Gasteiger partial charge in [-0.25, -0.2) is 4.79 Å². The SMILES string of the molecule is CC(C)Oc1ccc(Cl)cc1CNc1ccc(C(=O)O)c(Cl)c1. The molecule has 0 amide bonds. The van der Waals surface area contributed by atoms with Crippen LogP contribution < -0.4 is 10.1 Å². The summed E-state index contributed by atoms with van der Waals surface area (Å²) in [5, 5.41) is 13.0. The molecule has 2 aromatic carbocycles. The molecular weight excluding hydrogens is 337 g/mol. The van der Waals surface area contributed by atoms with E-state index in [1.165, 1.54) is 6.07 Å². The lowest BCUT2D eigenvalue weighted by atomic mass is 10.1. The largest absolute Gasteiger partial charge is 0.491 e. The first-order chi connectivity index (χ1) is 10.9. The molecule has 0 bridgehead atoms. The lowest BCUT2D eigenvalue weighted by Crippen LogP contribution is -2.09. The zero-order valence-electron chi connectivity index (χ0n) is 12.8. The topological polar surface area (TPSA) is 58.6 Å². The predicted molar refractivity (Wildman–Crippen MR) is 93.0 cm³/mol. The molecule has 0 radical (unpaired) electrons. The third-order valence-corrected chi connectivity index (χ3v) is 3.62. The Hall–Kier alpha value is -1.91. The molecule has 0 aromatic heterocycles. The maximum atomic E-state index is 11.0. The molecule has 0 aliphatic carbocycles. The van der Waals surface area contributed by atoms with Gasteiger partial charge in [0, 0.05) is 22.8 Å². The Morgan fingerprint density at radius 3 is 2.57 bits per heavy atom. The van der Waals surface area contributed by atoms with Crippen molar-refractivity contribution in [3.63, 3.8) is 0 Å². The predicted octanol–water partition coefficient (Wildman–Crippen LogP) is 5.09. The molecule has 0 aliphatic heterocycles. The molecule has 2 rings (SSSR count). The summed E-state index contributed by atoms with van der Waals surface area (Å²) in [4.78, 5) is 11.0. The van der Waals surface area contributed by atoms with E-state index in [4.69, 9.17) is 33.0 Å². The minimum absolute atomic E-state index is 0.0548. The van der Waals surface area contributed by atoms with Crippen molar-refractivity contribution in [3.8, 4) is 5.75 Å². The van der Waals surface area contributed by atoms with Crippen molar-refractivity contribution in [3.05, 3.63) is 57.6 Å². The molecule has 0 aliphatic rings. The Morgan fingerprint density at radius 1 is 1.22 bits per heavy atom. The third kappa shape index (κ3) is 4.78. The van der Waals surface area contributed by atoms with Crippen molar-refractivity contribution in [2.24, 2.45) is 0 Å². The number of carbonyl (C=O) groups is 1. The van der Waals surface area contributed by atoms with Gasteiger partial charge in [-0.3, -0.25) is 0 Å². The summed E-state index contributed by atoms with van der Waals surface area (Å²) in [5.74, 6) is -0.297. The minimum Gasteiger partial charge on any atom is -0.491 e. The number of benzene rings is 2. The fraction of sp³-hybridized carbons (Fsp3) is 0.235. The van der Waals surface area contributed by atoms with E-state index >= 15 is 0 Å². The molecule has 0 heterocycles. The Balaban J connectivity index is 2.16. The molecule has 0 unspecified atom stereocenters. The zero-order chi connectivity index (χ0) is 17.0. The highest BCUT2D eigenvalue weighted by molar-refractivity contribution is 6.33. The van der Waals surface area contributed by atoms with Gasteiger partial charge in [0.15, 0.2) is 0 Å². The van der Waals surface area contributed by atoms with Crippen molar-refractivity contribution < 1.29 is 14.6 Å². The molecular formula is C17H17Cl2NO3. The lowest BCUT2D eigenvalue weighted by molar-refractivity contribution is 0.0697. The van der Waals surface area contributed by atoms with Crippen molar-refractivity contribution in [2.45, 2.75) is 26.5 Å². The second-order valence-electron chi connectivity index (χ2n) is 5.27. The summed E-state index contributed by atoms with van der Waals surface area (Å²) in [7, 11) is 0. The fourth-order valence-corrected chi connectivity index (χ4v) is 2.51. The monoisotopic (exact) mass is 353 g/mol. The summed E-state index contributed by atoms with van der Waals surface area (Å²) in [6.45, 7) is 4.39. The smallest absolute Gasteiger partial charge is 0.337 e. The van der Waals surface area contributed by atoms with Crippen LogP contribution in [0.2, 0.25) is 10.0 Å². The second-order valence-corrected chi connectivity index (χ2v) is 6.12. The Bertz CT molecular complexity index is 717. The van der Waals surface area contributed by atoms with E-state index in [9.17, 15) is 4.79 Å². The fourth-order valence-electron chi connectivity index (χ4n) is 2.05. The van der Waals surface area contributed by atoms with Crippen molar-refractivity contribution >= 4 is 34.9 Å². The maximum Gasteiger partial charge on any atom is 0.337 e. The Morgan fingerprint density at radius 2 is 1.96 bits per heavy atom. The summed E-state index contributed by atoms with van der Waals surface area (Å²) in [6, 6.07) is 10.2. The highest BCUT2D eigenvalue weighted by atomic mass is 35.5. The van der Waals surface area contributed by atoms with Crippen LogP contribution in [0.5, 0.6) is 5.75 Å². The Kier molecular flexibility index (Phi) is 5.74. The standard InChI is InChI=1S/C17H17Cl2NO3/c1-10(2)23-16-6-3-12(18)7-11(16)9-20-13-4-5-14(17(21)22)15(19)8-13/h3-8,10,20H,9H2,1-2H3,(H,21,22). The van der Waals surface area contributed by atoms with Crippen LogP contribution in [0, 0.1) is 0 Å². The number of carboxylic acid groups (broad SMARTS) is 1. The molecule has 4 nitrogen and oxygen atoms in total. The lowest BCUT2D eigenvalue weighted by Gasteiger charge is -2.16. The summed E-state index contributed by atoms with van der Waals surface area (Å²) >= 11 is 12.0. The van der Waals surface area contributed by atoms with Gasteiger partial charge in [-0.1, -0.05) is 23.2 Å². The molecule has 23 heavy (non-hydrogen) atoms. The van der Waals surface area contributed by atoms with Gasteiger partial charge >= 0.3 is 5.97 Å². The van der Waals surface area contributed by atoms with E-state index in [1.807, 2.05) is 26.0 Å². The van der Waals surface area contributed by atoms with Crippen molar-refractivity contribution in [2.75, 3.05) is 5.32 Å². The van der Waals surface area contributed by atoms with Crippen LogP contribution in [0.15, 0.2) is 36.4 Å². The quantitative estimate of drug-likeness (QED) is 0.759. The van der Waals surface area contributed by atoms with Crippen LogP contribution in [0.4, 0.5) is 5.69 Å². The number of hydrogen-bond donors (Lipinski definition) is 2. The zero-order valence-corrected chi connectivity index (χ0v) is 14.3. The molecule has 2 N–H and O–H groups in total. The molecule has 0 saturated heterocycles. The second kappa shape index (κ2) is 7.57. The van der Waals surface area contributed by atoms with E-state index in [0.717, 1.165) is 17.0 Å². The number of hydrogen-bond acceptors (Lipinski definition) is 3. The van der Waals surface area contributed by atoms with Crippen LogP contribution in [0.1, 0.15) is 29.8 Å². The highest BCUT2D eigenvalue weighted by Crippen LogP contribution is 2.26. The molecule has 0 spiro atoms. The highest BCUT2D eigenvalue weighted by Gasteiger charge is 2.10. The summed E-state index contributed by atoms with van der Waals surface area (Å²) in [5.41, 5.74) is 1.70. The average Bonchev–Trinajstić information content (AvgIpc) is 2.46. The van der Waals surface area contributed by atoms with Crippen LogP contribution >= 0.6 is 23.2 Å². The third-order valence-electron chi connectivity index (χ3n) is 3.07. The van der Waals surface area contributed by atoms with E-state index < -0.39 is 5.97 Å². The van der Waals surface area contributed by atoms with Crippen LogP contribution in [-0.4, -0.2) is 17.2 Å². The molecule has 0 fully saturated rings. The molecule has 6 heteroatoms. The number of nitrogens with one attached hydrogen (secondary N) is 1. The van der Waals surface area contributed by atoms with E-state index in [2.05, 4.69) is 5.32 Å². The Labute approximate surface area is 145 Å². The molecule has 122 valence electrons. The number of halogens is 2. The molecule has 0 saturated carbocycles. The van der Waals surface area contributed by atoms with E-state index in [-0.39, 0.29) is 16.7 Å². The van der Waals surface area contributed by atoms with Gasteiger partial charge in [-0.05, 0) is 50.2 Å². The molecule has 2 aromatic rings. The van der Waals surface area contributed by atoms with Gasteiger partial charge in [0.05, 0.1) is 16.7 Å². The number of aromatic carboxylic acids is 1. The maximum absolute atomic E-state index is 11.0. The average molecular weight is 354 g/mol. The van der Waals surface area contributed by atoms with E-state index in [1.54, 1.807) is 18.2 Å². The number of anilines is 1. The van der Waals surface area contributed by atoms with Gasteiger partial charge < -0.3 is 15.2 Å². The van der Waals surface area contributed by atoms with Gasteiger partial charge in [-0.2, -0.15) is 0 Å². The minimum atomic E-state index is -1.05. The van der Waals surface area contributed by atoms with Crippen LogP contribution in [-0.2, 0) is 6.54 Å². The first-order valence-electron chi connectivity index (χ1n) is 7.08. The van der Waals surface area contributed by atoms with Gasteiger partial charge in [0.1, 0.15) is 5.75 Å². The van der Waals surface area contributed by atoms with Crippen LogP contribution in [0.25, 0.3) is 0 Å². The first kappa shape index (κ1) is 17.4. The normalized spacial score (nSPS) is 10.7. The van der Waals surface area contributed by atoms with Crippen molar-refractivity contribution in [1.82, 2.24) is 0 Å². The van der Waals surface area contributed by atoms with E-state index in [0.29, 0.717) is 11.6 Å². The molecule has 0 atom stereocenters. The van der Waals surface area contributed by atoms with Crippen molar-refractivity contribution in [1.29, 1.82) is 0 Å². The number of rotatable bonds is 6. The summed E-state index contributed by atoms with van der Waals surface area (Å²) < 4.78 is 5.76. The first-order valence-corrected chi connectivity index (χ1v) is 7.84.